The summed E-state index contributed by atoms with van der Waals surface area (Å²) in [5.74, 6) is 5.22. The molecule has 14 unspecified atom stereocenters. The Bertz CT molecular complexity index is 1390. The summed E-state index contributed by atoms with van der Waals surface area (Å²) >= 11 is 0. The highest BCUT2D eigenvalue weighted by atomic mass is 16.7. The molecule has 3 saturated carbocycles. The van der Waals surface area contributed by atoms with Crippen molar-refractivity contribution in [3.8, 4) is 0 Å². The Morgan fingerprint density at radius 3 is 2.05 bits per heavy atom. The number of ether oxygens (including phenoxy) is 3. The van der Waals surface area contributed by atoms with E-state index in [4.69, 9.17) is 14.2 Å². The molecule has 0 aromatic carbocycles. The normalized spacial score (nSPS) is 34.9. The molecule has 5 rings (SSSR count). The maximum atomic E-state index is 12.7. The van der Waals surface area contributed by atoms with E-state index in [0.29, 0.717) is 17.8 Å². The van der Waals surface area contributed by atoms with E-state index in [-0.39, 0.29) is 24.1 Å². The molecule has 0 bridgehead atoms. The molecule has 7 heteroatoms. The molecule has 0 spiro atoms. The molecule has 0 radical (unpaired) electrons. The highest BCUT2D eigenvalue weighted by Gasteiger charge is 2.59. The first-order chi connectivity index (χ1) is 30.8. The lowest BCUT2D eigenvalue weighted by Gasteiger charge is -2.58. The van der Waals surface area contributed by atoms with Crippen molar-refractivity contribution in [1.29, 1.82) is 0 Å². The average Bonchev–Trinajstić information content (AvgIpc) is 3.64. The first-order valence-corrected chi connectivity index (χ1v) is 27.7. The van der Waals surface area contributed by atoms with Crippen LogP contribution < -0.4 is 0 Å². The third-order valence-corrected chi connectivity index (χ3v) is 18.3. The van der Waals surface area contributed by atoms with Gasteiger partial charge in [-0.1, -0.05) is 162 Å². The quantitative estimate of drug-likeness (QED) is 0.0390. The van der Waals surface area contributed by atoms with Crippen LogP contribution in [0.25, 0.3) is 0 Å². The Labute approximate surface area is 393 Å². The maximum absolute atomic E-state index is 12.7. The Balaban J connectivity index is 0.966. The predicted molar refractivity (Wildman–Crippen MR) is 263 cm³/mol. The van der Waals surface area contributed by atoms with Crippen molar-refractivity contribution in [3.63, 3.8) is 0 Å². The number of hydrogen-bond donors (Lipinski definition) is 3. The van der Waals surface area contributed by atoms with Crippen molar-refractivity contribution >= 4 is 5.97 Å². The third-order valence-electron chi connectivity index (χ3n) is 18.3. The third kappa shape index (κ3) is 14.6. The topological polar surface area (TPSA) is 105 Å². The molecule has 64 heavy (non-hydrogen) atoms. The minimum atomic E-state index is -1.44. The van der Waals surface area contributed by atoms with Gasteiger partial charge in [0, 0.05) is 6.42 Å². The highest BCUT2D eigenvalue weighted by Crippen LogP contribution is 2.67. The number of esters is 1. The summed E-state index contributed by atoms with van der Waals surface area (Å²) in [5.41, 5.74) is 2.12. The molecule has 14 atom stereocenters. The molecular formula is C57H100O7. The van der Waals surface area contributed by atoms with Crippen molar-refractivity contribution in [2.45, 2.75) is 271 Å². The molecule has 7 nitrogen and oxygen atoms in total. The van der Waals surface area contributed by atoms with Crippen LogP contribution in [-0.4, -0.2) is 64.7 Å². The lowest BCUT2D eigenvalue weighted by molar-refractivity contribution is -0.313. The molecule has 0 aromatic rings. The number of carbonyl (C=O) groups excluding carboxylic acids is 1. The molecule has 370 valence electrons. The van der Waals surface area contributed by atoms with Gasteiger partial charge in [-0.2, -0.15) is 0 Å². The molecule has 1 saturated heterocycles. The van der Waals surface area contributed by atoms with Crippen molar-refractivity contribution in [2.24, 2.45) is 52.3 Å². The first kappa shape index (κ1) is 53.7. The lowest BCUT2D eigenvalue weighted by Crippen LogP contribution is -2.60. The summed E-state index contributed by atoms with van der Waals surface area (Å²) in [6.45, 7) is 17.0. The van der Waals surface area contributed by atoms with E-state index in [0.717, 1.165) is 80.5 Å². The minimum absolute atomic E-state index is 0.142. The zero-order valence-electron chi connectivity index (χ0n) is 42.4. The SMILES string of the molecule is CCCCCCCC/C=C\CCCCCCCCCCCC(=O)OCC1OC(OC2CCC3(C)C(=CCC4C3CCC3(C)C(C(C)CCC(CC)C(C)C)CCC43)C2)C(O)C(O)C1O. The zero-order chi connectivity index (χ0) is 46.1. The summed E-state index contributed by atoms with van der Waals surface area (Å²) in [6, 6.07) is 0. The standard InChI is InChI=1S/C57H100O7/c1-8-10-11-12-13-14-15-16-17-18-19-20-21-22-23-24-25-26-27-28-51(58)62-40-50-52(59)53(60)54(61)55(64-50)63-45-35-37-56(6)44(39-45)31-32-46-48-34-33-47(57(48,7)38-36-49(46)56)42(5)29-30-43(9-2)41(3)4/h16-17,31,41-43,45-50,52-55,59-61H,8-15,18-30,32-40H2,1-7H3/b17-16-. The zero-order valence-corrected chi connectivity index (χ0v) is 42.4. The van der Waals surface area contributed by atoms with Crippen molar-refractivity contribution in [1.82, 2.24) is 0 Å². The average molecular weight is 897 g/mol. The molecule has 1 heterocycles. The Hall–Kier alpha value is -1.25. The number of aliphatic hydroxyl groups is 3. The van der Waals surface area contributed by atoms with E-state index in [1.54, 1.807) is 0 Å². The van der Waals surface area contributed by atoms with E-state index in [2.05, 4.69) is 66.7 Å². The van der Waals surface area contributed by atoms with E-state index in [1.807, 2.05) is 0 Å². The van der Waals surface area contributed by atoms with Gasteiger partial charge in [-0.25, -0.2) is 0 Å². The summed E-state index contributed by atoms with van der Waals surface area (Å²) in [4.78, 5) is 12.7. The first-order valence-electron chi connectivity index (χ1n) is 27.7. The highest BCUT2D eigenvalue weighted by molar-refractivity contribution is 5.69. The summed E-state index contributed by atoms with van der Waals surface area (Å²) < 4.78 is 18.1. The maximum Gasteiger partial charge on any atom is 0.305 e. The van der Waals surface area contributed by atoms with E-state index in [9.17, 15) is 20.1 Å². The van der Waals surface area contributed by atoms with Crippen molar-refractivity contribution < 1.29 is 34.3 Å². The van der Waals surface area contributed by atoms with Crippen LogP contribution in [0.15, 0.2) is 23.8 Å². The second kappa shape index (κ2) is 27.1. The molecule has 0 aromatic heterocycles. The molecule has 3 N–H and O–H groups in total. The van der Waals surface area contributed by atoms with Gasteiger partial charge in [0.15, 0.2) is 6.29 Å². The molecule has 0 amide bonds. The van der Waals surface area contributed by atoms with Crippen LogP contribution in [0.2, 0.25) is 0 Å². The van der Waals surface area contributed by atoms with Gasteiger partial charge >= 0.3 is 5.97 Å². The Kier molecular flexibility index (Phi) is 22.7. The Morgan fingerprint density at radius 1 is 0.766 bits per heavy atom. The van der Waals surface area contributed by atoms with Gasteiger partial charge in [-0.15, -0.1) is 0 Å². The fourth-order valence-electron chi connectivity index (χ4n) is 14.1. The largest absolute Gasteiger partial charge is 0.463 e. The van der Waals surface area contributed by atoms with E-state index >= 15 is 0 Å². The van der Waals surface area contributed by atoms with Gasteiger partial charge in [0.1, 0.15) is 31.0 Å². The van der Waals surface area contributed by atoms with Gasteiger partial charge < -0.3 is 29.5 Å². The second-order valence-corrected chi connectivity index (χ2v) is 22.9. The van der Waals surface area contributed by atoms with Gasteiger partial charge in [-0.3, -0.25) is 4.79 Å². The van der Waals surface area contributed by atoms with Crippen LogP contribution in [0.5, 0.6) is 0 Å². The second-order valence-electron chi connectivity index (χ2n) is 22.9. The van der Waals surface area contributed by atoms with Crippen LogP contribution in [0.3, 0.4) is 0 Å². The fraction of sp³-hybridized carbons (Fsp3) is 0.912. The molecule has 4 aliphatic carbocycles. The number of hydrogen-bond acceptors (Lipinski definition) is 7. The summed E-state index contributed by atoms with van der Waals surface area (Å²) in [7, 11) is 0. The van der Waals surface area contributed by atoms with Crippen LogP contribution in [0, 0.1) is 52.3 Å². The van der Waals surface area contributed by atoms with Crippen molar-refractivity contribution in [2.75, 3.05) is 6.61 Å². The van der Waals surface area contributed by atoms with Crippen LogP contribution in [0.4, 0.5) is 0 Å². The molecule has 4 fully saturated rings. The molecular weight excluding hydrogens is 797 g/mol. The molecule has 5 aliphatic rings. The van der Waals surface area contributed by atoms with Gasteiger partial charge in [0.05, 0.1) is 6.10 Å². The van der Waals surface area contributed by atoms with Gasteiger partial charge in [0.2, 0.25) is 0 Å². The lowest BCUT2D eigenvalue weighted by atomic mass is 9.47. The van der Waals surface area contributed by atoms with Crippen LogP contribution >= 0.6 is 0 Å². The number of carbonyl (C=O) groups is 1. The summed E-state index contributed by atoms with van der Waals surface area (Å²) in [6.07, 6.45) is 35.9. The van der Waals surface area contributed by atoms with Gasteiger partial charge in [0.25, 0.3) is 0 Å². The fourth-order valence-corrected chi connectivity index (χ4v) is 14.1. The smallest absolute Gasteiger partial charge is 0.305 e. The monoisotopic (exact) mass is 897 g/mol. The number of unbranched alkanes of at least 4 members (excludes halogenated alkanes) is 15. The minimum Gasteiger partial charge on any atom is -0.463 e. The number of fused-ring (bicyclic) bond motifs is 5. The number of allylic oxidation sites excluding steroid dienone is 3. The van der Waals surface area contributed by atoms with Crippen LogP contribution in [-0.2, 0) is 19.0 Å². The van der Waals surface area contributed by atoms with Crippen LogP contribution in [0.1, 0.15) is 235 Å². The summed E-state index contributed by atoms with van der Waals surface area (Å²) in [5, 5.41) is 32.6. The van der Waals surface area contributed by atoms with E-state index in [1.165, 1.54) is 140 Å². The van der Waals surface area contributed by atoms with Gasteiger partial charge in [-0.05, 0) is 142 Å². The predicted octanol–water partition coefficient (Wildman–Crippen LogP) is 14.0. The number of rotatable bonds is 29. The number of aliphatic hydroxyl groups excluding tert-OH is 3. The van der Waals surface area contributed by atoms with Crippen molar-refractivity contribution in [3.05, 3.63) is 23.8 Å². The van der Waals surface area contributed by atoms with E-state index < -0.39 is 30.7 Å². The Morgan fingerprint density at radius 2 is 1.41 bits per heavy atom. The molecule has 1 aliphatic heterocycles.